The van der Waals surface area contributed by atoms with E-state index in [1.807, 2.05) is 0 Å². The van der Waals surface area contributed by atoms with Crippen LogP contribution in [-0.2, 0) is 0 Å². The Morgan fingerprint density at radius 1 is 1.11 bits per heavy atom. The van der Waals surface area contributed by atoms with Crippen molar-refractivity contribution in [2.45, 2.75) is 78.3 Å². The SMILES string of the molecule is CC(C)CN1CCC(NC2CCCC(C)(C)C2)CC1. The molecule has 0 aromatic heterocycles. The number of hydrogen-bond donors (Lipinski definition) is 1. The smallest absolute Gasteiger partial charge is 0.00940 e. The fourth-order valence-electron chi connectivity index (χ4n) is 3.97. The second kappa shape index (κ2) is 6.58. The summed E-state index contributed by atoms with van der Waals surface area (Å²) in [7, 11) is 0. The predicted octanol–water partition coefficient (Wildman–Crippen LogP) is 3.67. The lowest BCUT2D eigenvalue weighted by Crippen LogP contribution is -2.48. The zero-order chi connectivity index (χ0) is 13.9. The van der Waals surface area contributed by atoms with Gasteiger partial charge in [-0.2, -0.15) is 0 Å². The average molecular weight is 266 g/mol. The van der Waals surface area contributed by atoms with E-state index in [-0.39, 0.29) is 0 Å². The molecule has 0 spiro atoms. The molecule has 0 bridgehead atoms. The van der Waals surface area contributed by atoms with E-state index in [0.29, 0.717) is 5.41 Å². The molecule has 1 heterocycles. The normalized spacial score (nSPS) is 29.8. The molecule has 0 aromatic carbocycles. The van der Waals surface area contributed by atoms with E-state index in [1.165, 1.54) is 58.2 Å². The summed E-state index contributed by atoms with van der Waals surface area (Å²) in [6, 6.07) is 1.56. The summed E-state index contributed by atoms with van der Waals surface area (Å²) in [5.74, 6) is 0.809. The molecule has 2 rings (SSSR count). The third-order valence-electron chi connectivity index (χ3n) is 4.89. The van der Waals surface area contributed by atoms with Gasteiger partial charge in [-0.3, -0.25) is 0 Å². The second-order valence-corrected chi connectivity index (χ2v) is 8.09. The third-order valence-corrected chi connectivity index (χ3v) is 4.89. The quantitative estimate of drug-likeness (QED) is 0.835. The van der Waals surface area contributed by atoms with E-state index >= 15 is 0 Å². The number of likely N-dealkylation sites (tertiary alicyclic amines) is 1. The lowest BCUT2D eigenvalue weighted by atomic mass is 9.75. The van der Waals surface area contributed by atoms with Crippen LogP contribution in [0.2, 0.25) is 0 Å². The minimum absolute atomic E-state index is 0.564. The van der Waals surface area contributed by atoms with E-state index in [0.717, 1.165) is 18.0 Å². The highest BCUT2D eigenvalue weighted by Gasteiger charge is 2.30. The third kappa shape index (κ3) is 5.07. The molecular weight excluding hydrogens is 232 g/mol. The van der Waals surface area contributed by atoms with Crippen molar-refractivity contribution >= 4 is 0 Å². The maximum atomic E-state index is 3.96. The molecule has 1 N–H and O–H groups in total. The summed E-state index contributed by atoms with van der Waals surface area (Å²) in [4.78, 5) is 2.65. The van der Waals surface area contributed by atoms with Crippen molar-refractivity contribution in [2.75, 3.05) is 19.6 Å². The van der Waals surface area contributed by atoms with Gasteiger partial charge in [-0.25, -0.2) is 0 Å². The lowest BCUT2D eigenvalue weighted by Gasteiger charge is -2.40. The van der Waals surface area contributed by atoms with Crippen molar-refractivity contribution in [3.05, 3.63) is 0 Å². The Morgan fingerprint density at radius 3 is 2.37 bits per heavy atom. The Morgan fingerprint density at radius 2 is 1.79 bits per heavy atom. The van der Waals surface area contributed by atoms with E-state index in [4.69, 9.17) is 0 Å². The van der Waals surface area contributed by atoms with Crippen LogP contribution in [0.5, 0.6) is 0 Å². The fourth-order valence-corrected chi connectivity index (χ4v) is 3.97. The molecule has 2 nitrogen and oxygen atoms in total. The van der Waals surface area contributed by atoms with Gasteiger partial charge in [0.15, 0.2) is 0 Å². The van der Waals surface area contributed by atoms with Gasteiger partial charge in [0, 0.05) is 18.6 Å². The molecule has 1 aliphatic carbocycles. The van der Waals surface area contributed by atoms with Gasteiger partial charge in [0.1, 0.15) is 0 Å². The molecule has 0 radical (unpaired) electrons. The summed E-state index contributed by atoms with van der Waals surface area (Å²) in [6.07, 6.45) is 8.30. The number of hydrogen-bond acceptors (Lipinski definition) is 2. The van der Waals surface area contributed by atoms with Crippen LogP contribution in [0.3, 0.4) is 0 Å². The van der Waals surface area contributed by atoms with Gasteiger partial charge in [-0.1, -0.05) is 34.1 Å². The van der Waals surface area contributed by atoms with Crippen LogP contribution in [0, 0.1) is 11.3 Å². The summed E-state index contributed by atoms with van der Waals surface area (Å²) in [5, 5.41) is 3.96. The van der Waals surface area contributed by atoms with E-state index < -0.39 is 0 Å². The fraction of sp³-hybridized carbons (Fsp3) is 1.00. The molecule has 1 unspecified atom stereocenters. The van der Waals surface area contributed by atoms with Crippen molar-refractivity contribution in [3.8, 4) is 0 Å². The maximum Gasteiger partial charge on any atom is 0.00940 e. The molecule has 19 heavy (non-hydrogen) atoms. The van der Waals surface area contributed by atoms with Crippen LogP contribution >= 0.6 is 0 Å². The second-order valence-electron chi connectivity index (χ2n) is 8.09. The van der Waals surface area contributed by atoms with Crippen molar-refractivity contribution in [2.24, 2.45) is 11.3 Å². The zero-order valence-corrected chi connectivity index (χ0v) is 13.5. The standard InChI is InChI=1S/C17H34N2/c1-14(2)13-19-10-7-15(8-11-19)18-16-6-5-9-17(3,4)12-16/h14-16,18H,5-13H2,1-4H3. The van der Waals surface area contributed by atoms with Crippen LogP contribution in [0.1, 0.15) is 66.2 Å². The Kier molecular flexibility index (Phi) is 5.30. The van der Waals surface area contributed by atoms with E-state index in [2.05, 4.69) is 37.9 Å². The van der Waals surface area contributed by atoms with Crippen LogP contribution in [0.4, 0.5) is 0 Å². The Balaban J connectivity index is 1.70. The van der Waals surface area contributed by atoms with E-state index in [1.54, 1.807) is 0 Å². The monoisotopic (exact) mass is 266 g/mol. The summed E-state index contributed by atoms with van der Waals surface area (Å²) in [5.41, 5.74) is 0.564. The summed E-state index contributed by atoms with van der Waals surface area (Å²) in [6.45, 7) is 13.4. The minimum atomic E-state index is 0.564. The van der Waals surface area contributed by atoms with Gasteiger partial charge in [-0.05, 0) is 56.5 Å². The molecule has 0 amide bonds. The van der Waals surface area contributed by atoms with Gasteiger partial charge in [0.2, 0.25) is 0 Å². The average Bonchev–Trinajstić information content (AvgIpc) is 2.30. The van der Waals surface area contributed by atoms with Gasteiger partial charge in [0.25, 0.3) is 0 Å². The van der Waals surface area contributed by atoms with Crippen molar-refractivity contribution < 1.29 is 0 Å². The minimum Gasteiger partial charge on any atom is -0.311 e. The molecule has 2 fully saturated rings. The molecule has 1 aliphatic heterocycles. The number of piperidine rings is 1. The molecule has 2 aliphatic rings. The largest absolute Gasteiger partial charge is 0.311 e. The number of nitrogens with one attached hydrogen (secondary N) is 1. The maximum absolute atomic E-state index is 3.96. The number of nitrogens with zero attached hydrogens (tertiary/aromatic N) is 1. The van der Waals surface area contributed by atoms with Crippen LogP contribution in [0.15, 0.2) is 0 Å². The van der Waals surface area contributed by atoms with Gasteiger partial charge in [-0.15, -0.1) is 0 Å². The molecule has 1 saturated heterocycles. The first kappa shape index (κ1) is 15.3. The first-order valence-corrected chi connectivity index (χ1v) is 8.43. The highest BCUT2D eigenvalue weighted by atomic mass is 15.1. The number of rotatable bonds is 4. The molecular formula is C17H34N2. The molecule has 2 heteroatoms. The zero-order valence-electron chi connectivity index (χ0n) is 13.5. The Labute approximate surface area is 120 Å². The highest BCUT2D eigenvalue weighted by Crippen LogP contribution is 2.35. The molecule has 0 aromatic rings. The predicted molar refractivity (Wildman–Crippen MR) is 83.5 cm³/mol. The molecule has 1 saturated carbocycles. The van der Waals surface area contributed by atoms with Crippen LogP contribution in [0.25, 0.3) is 0 Å². The Bertz CT molecular complexity index is 264. The molecule has 1 atom stereocenters. The van der Waals surface area contributed by atoms with Crippen molar-refractivity contribution in [1.29, 1.82) is 0 Å². The lowest BCUT2D eigenvalue weighted by molar-refractivity contribution is 0.147. The van der Waals surface area contributed by atoms with Gasteiger partial charge >= 0.3 is 0 Å². The summed E-state index contributed by atoms with van der Waals surface area (Å²) >= 11 is 0. The highest BCUT2D eigenvalue weighted by molar-refractivity contribution is 4.87. The van der Waals surface area contributed by atoms with Crippen molar-refractivity contribution in [1.82, 2.24) is 10.2 Å². The van der Waals surface area contributed by atoms with Gasteiger partial charge in [0.05, 0.1) is 0 Å². The van der Waals surface area contributed by atoms with Crippen molar-refractivity contribution in [3.63, 3.8) is 0 Å². The molecule has 112 valence electrons. The Hall–Kier alpha value is -0.0800. The first-order valence-electron chi connectivity index (χ1n) is 8.43. The summed E-state index contributed by atoms with van der Waals surface area (Å²) < 4.78 is 0. The van der Waals surface area contributed by atoms with Crippen LogP contribution in [-0.4, -0.2) is 36.6 Å². The topological polar surface area (TPSA) is 15.3 Å². The van der Waals surface area contributed by atoms with E-state index in [9.17, 15) is 0 Å². The van der Waals surface area contributed by atoms with Crippen LogP contribution < -0.4 is 5.32 Å². The first-order chi connectivity index (χ1) is 8.94. The van der Waals surface area contributed by atoms with Gasteiger partial charge < -0.3 is 10.2 Å².